The lowest BCUT2D eigenvalue weighted by Gasteiger charge is -2.08. The van der Waals surface area contributed by atoms with Crippen molar-refractivity contribution in [2.24, 2.45) is 0 Å². The molecule has 1 rings (SSSR count). The van der Waals surface area contributed by atoms with Crippen LogP contribution in [-0.4, -0.2) is 32.8 Å². The van der Waals surface area contributed by atoms with Crippen molar-refractivity contribution < 1.29 is 23.8 Å². The zero-order valence-corrected chi connectivity index (χ0v) is 9.56. The van der Waals surface area contributed by atoms with E-state index in [1.807, 2.05) is 0 Å². The highest BCUT2D eigenvalue weighted by Gasteiger charge is 2.10. The molecule has 0 aliphatic carbocycles. The van der Waals surface area contributed by atoms with Crippen LogP contribution in [0.3, 0.4) is 0 Å². The molecule has 1 amide bonds. The van der Waals surface area contributed by atoms with Gasteiger partial charge in [0.1, 0.15) is 6.54 Å². The molecule has 0 spiro atoms. The van der Waals surface area contributed by atoms with Crippen LogP contribution in [0, 0.1) is 0 Å². The van der Waals surface area contributed by atoms with E-state index < -0.39 is 12.1 Å². The van der Waals surface area contributed by atoms with E-state index in [0.29, 0.717) is 11.5 Å². The number of esters is 1. The average Bonchev–Trinajstić information content (AvgIpc) is 2.36. The number of alkyl carbamates (subject to hydrolysis) is 1. The zero-order chi connectivity index (χ0) is 12.7. The number of carbonyl (C=O) groups excluding carboxylic acids is 2. The van der Waals surface area contributed by atoms with E-state index in [4.69, 9.17) is 9.47 Å². The SMILES string of the molecule is COC(=O)NCC(=O)Oc1ccccc1OC. The highest BCUT2D eigenvalue weighted by atomic mass is 16.6. The number of hydrogen-bond acceptors (Lipinski definition) is 5. The van der Waals surface area contributed by atoms with Gasteiger partial charge >= 0.3 is 12.1 Å². The molecule has 0 aromatic heterocycles. The summed E-state index contributed by atoms with van der Waals surface area (Å²) >= 11 is 0. The number of nitrogens with one attached hydrogen (secondary N) is 1. The van der Waals surface area contributed by atoms with E-state index in [1.165, 1.54) is 14.2 Å². The Balaban J connectivity index is 2.53. The molecule has 1 aromatic carbocycles. The first-order valence-electron chi connectivity index (χ1n) is 4.83. The molecule has 6 heteroatoms. The van der Waals surface area contributed by atoms with Gasteiger partial charge in [0.25, 0.3) is 0 Å². The molecular weight excluding hydrogens is 226 g/mol. The number of rotatable bonds is 4. The van der Waals surface area contributed by atoms with Gasteiger partial charge in [-0.15, -0.1) is 0 Å². The summed E-state index contributed by atoms with van der Waals surface area (Å²) in [4.78, 5) is 22.1. The summed E-state index contributed by atoms with van der Waals surface area (Å²) in [5, 5.41) is 2.21. The molecule has 1 N–H and O–H groups in total. The van der Waals surface area contributed by atoms with E-state index in [1.54, 1.807) is 24.3 Å². The first-order chi connectivity index (χ1) is 8.17. The molecule has 0 atom stereocenters. The lowest BCUT2D eigenvalue weighted by Crippen LogP contribution is -2.31. The van der Waals surface area contributed by atoms with Crippen molar-refractivity contribution in [2.75, 3.05) is 20.8 Å². The van der Waals surface area contributed by atoms with Gasteiger partial charge < -0.3 is 19.5 Å². The van der Waals surface area contributed by atoms with Gasteiger partial charge in [0.2, 0.25) is 0 Å². The minimum Gasteiger partial charge on any atom is -0.493 e. The van der Waals surface area contributed by atoms with E-state index in [-0.39, 0.29) is 6.54 Å². The normalized spacial score (nSPS) is 9.29. The van der Waals surface area contributed by atoms with Crippen LogP contribution in [0.5, 0.6) is 11.5 Å². The molecule has 0 bridgehead atoms. The molecule has 0 saturated heterocycles. The molecule has 92 valence electrons. The lowest BCUT2D eigenvalue weighted by atomic mass is 10.3. The first kappa shape index (κ1) is 12.8. The highest BCUT2D eigenvalue weighted by molar-refractivity contribution is 5.79. The summed E-state index contributed by atoms with van der Waals surface area (Å²) in [5.74, 6) is 0.130. The van der Waals surface area contributed by atoms with Crippen LogP contribution in [0.2, 0.25) is 0 Å². The van der Waals surface area contributed by atoms with Gasteiger partial charge in [-0.2, -0.15) is 0 Å². The van der Waals surface area contributed by atoms with Crippen molar-refractivity contribution in [3.8, 4) is 11.5 Å². The van der Waals surface area contributed by atoms with Gasteiger partial charge in [0.15, 0.2) is 11.5 Å². The third-order valence-corrected chi connectivity index (χ3v) is 1.86. The van der Waals surface area contributed by atoms with Gasteiger partial charge in [-0.25, -0.2) is 9.59 Å². The predicted molar refractivity (Wildman–Crippen MR) is 59.0 cm³/mol. The number of methoxy groups -OCH3 is 2. The fraction of sp³-hybridized carbons (Fsp3) is 0.273. The summed E-state index contributed by atoms with van der Waals surface area (Å²) in [5.41, 5.74) is 0. The maximum Gasteiger partial charge on any atom is 0.407 e. The van der Waals surface area contributed by atoms with Crippen LogP contribution >= 0.6 is 0 Å². The maximum atomic E-state index is 11.4. The summed E-state index contributed by atoms with van der Waals surface area (Å²) in [6.45, 7) is -0.273. The third-order valence-electron chi connectivity index (χ3n) is 1.86. The Hall–Kier alpha value is -2.24. The lowest BCUT2D eigenvalue weighted by molar-refractivity contribution is -0.133. The van der Waals surface area contributed by atoms with Crippen LogP contribution < -0.4 is 14.8 Å². The fourth-order valence-corrected chi connectivity index (χ4v) is 1.08. The second-order valence-corrected chi connectivity index (χ2v) is 2.97. The van der Waals surface area contributed by atoms with Gasteiger partial charge in [0, 0.05) is 0 Å². The monoisotopic (exact) mass is 239 g/mol. The molecular formula is C11H13NO5. The summed E-state index contributed by atoms with van der Waals surface area (Å²) in [7, 11) is 2.68. The second-order valence-electron chi connectivity index (χ2n) is 2.97. The summed E-state index contributed by atoms with van der Waals surface area (Å²) < 4.78 is 14.3. The Bertz CT molecular complexity index is 405. The molecule has 0 aliphatic heterocycles. The Kier molecular flexibility index (Phi) is 4.80. The van der Waals surface area contributed by atoms with Crippen molar-refractivity contribution in [3.63, 3.8) is 0 Å². The average molecular weight is 239 g/mol. The van der Waals surface area contributed by atoms with E-state index in [2.05, 4.69) is 10.1 Å². The largest absolute Gasteiger partial charge is 0.493 e. The number of para-hydroxylation sites is 2. The number of carbonyl (C=O) groups is 2. The molecule has 0 aliphatic rings. The van der Waals surface area contributed by atoms with Crippen molar-refractivity contribution >= 4 is 12.1 Å². The Morgan fingerprint density at radius 1 is 1.18 bits per heavy atom. The van der Waals surface area contributed by atoms with Crippen LogP contribution in [0.1, 0.15) is 0 Å². The zero-order valence-electron chi connectivity index (χ0n) is 9.56. The number of ether oxygens (including phenoxy) is 3. The van der Waals surface area contributed by atoms with Gasteiger partial charge in [-0.3, -0.25) is 0 Å². The Labute approximate surface area is 98.5 Å². The number of hydrogen-bond donors (Lipinski definition) is 1. The van der Waals surface area contributed by atoms with E-state index in [9.17, 15) is 9.59 Å². The predicted octanol–water partition coefficient (Wildman–Crippen LogP) is 0.957. The quantitative estimate of drug-likeness (QED) is 0.625. The van der Waals surface area contributed by atoms with Crippen LogP contribution in [0.4, 0.5) is 4.79 Å². The van der Waals surface area contributed by atoms with Gasteiger partial charge in [0.05, 0.1) is 14.2 Å². The molecule has 1 aromatic rings. The standard InChI is InChI=1S/C11H13NO5/c1-15-8-5-3-4-6-9(8)17-10(13)7-12-11(14)16-2/h3-6H,7H2,1-2H3,(H,12,14). The van der Waals surface area contributed by atoms with E-state index in [0.717, 1.165) is 0 Å². The van der Waals surface area contributed by atoms with Gasteiger partial charge in [-0.1, -0.05) is 12.1 Å². The van der Waals surface area contributed by atoms with Crippen molar-refractivity contribution in [1.29, 1.82) is 0 Å². The second kappa shape index (κ2) is 6.37. The molecule has 6 nitrogen and oxygen atoms in total. The number of amides is 1. The molecule has 0 heterocycles. The van der Waals surface area contributed by atoms with Crippen molar-refractivity contribution in [3.05, 3.63) is 24.3 Å². The van der Waals surface area contributed by atoms with Crippen LogP contribution in [0.25, 0.3) is 0 Å². The molecule has 17 heavy (non-hydrogen) atoms. The van der Waals surface area contributed by atoms with Crippen LogP contribution in [0.15, 0.2) is 24.3 Å². The third kappa shape index (κ3) is 4.02. The van der Waals surface area contributed by atoms with E-state index >= 15 is 0 Å². The summed E-state index contributed by atoms with van der Waals surface area (Å²) in [6.07, 6.45) is -0.693. The van der Waals surface area contributed by atoms with Crippen molar-refractivity contribution in [1.82, 2.24) is 5.32 Å². The fourth-order valence-electron chi connectivity index (χ4n) is 1.08. The highest BCUT2D eigenvalue weighted by Crippen LogP contribution is 2.25. The Morgan fingerprint density at radius 3 is 2.41 bits per heavy atom. The molecule has 0 radical (unpaired) electrons. The number of benzene rings is 1. The summed E-state index contributed by atoms with van der Waals surface area (Å²) in [6, 6.07) is 6.72. The first-order valence-corrected chi connectivity index (χ1v) is 4.83. The topological polar surface area (TPSA) is 73.9 Å². The minimum absolute atomic E-state index is 0.273. The molecule has 0 saturated carbocycles. The Morgan fingerprint density at radius 2 is 1.82 bits per heavy atom. The molecule has 0 fully saturated rings. The van der Waals surface area contributed by atoms with Gasteiger partial charge in [-0.05, 0) is 12.1 Å². The minimum atomic E-state index is -0.693. The molecule has 0 unspecified atom stereocenters. The van der Waals surface area contributed by atoms with Crippen molar-refractivity contribution in [2.45, 2.75) is 0 Å². The maximum absolute atomic E-state index is 11.4. The smallest absolute Gasteiger partial charge is 0.407 e. The van der Waals surface area contributed by atoms with Crippen LogP contribution in [-0.2, 0) is 9.53 Å².